The number of hydrogen-bond donors (Lipinski definition) is 4. The summed E-state index contributed by atoms with van der Waals surface area (Å²) < 4.78 is 0. The molecular formula is C24H34Br4N2O10. The van der Waals surface area contributed by atoms with Crippen molar-refractivity contribution in [2.24, 2.45) is 0 Å². The minimum Gasteiger partial charge on any atom is -0.549 e. The number of carboxylic acids is 4. The highest BCUT2D eigenvalue weighted by molar-refractivity contribution is 9.13. The van der Waals surface area contributed by atoms with Crippen molar-refractivity contribution in [1.82, 2.24) is 0 Å². The third-order valence-electron chi connectivity index (χ3n) is 4.17. The minimum atomic E-state index is -1.49. The predicted molar refractivity (Wildman–Crippen MR) is 159 cm³/mol. The molecule has 40 heavy (non-hydrogen) atoms. The zero-order chi connectivity index (χ0) is 30.0. The van der Waals surface area contributed by atoms with E-state index in [4.69, 9.17) is 10.2 Å². The number of carboxylic acid groups (broad SMARTS) is 4. The molecule has 0 saturated heterocycles. The topological polar surface area (TPSA) is 273 Å². The molecule has 12 nitrogen and oxygen atoms in total. The van der Waals surface area contributed by atoms with Gasteiger partial charge in [-0.1, -0.05) is 124 Å². The quantitative estimate of drug-likeness (QED) is 0.240. The first kappa shape index (κ1) is 45.1. The van der Waals surface area contributed by atoms with Gasteiger partial charge in [-0.05, 0) is 13.8 Å². The van der Waals surface area contributed by atoms with Crippen LogP contribution in [0, 0.1) is 0 Å². The maximum absolute atomic E-state index is 10.1. The first-order valence-electron chi connectivity index (χ1n) is 10.7. The monoisotopic (exact) mass is 826 g/mol. The summed E-state index contributed by atoms with van der Waals surface area (Å²) >= 11 is 10.5. The van der Waals surface area contributed by atoms with Gasteiger partial charge in [0.1, 0.15) is 21.7 Å². The zero-order valence-electron chi connectivity index (χ0n) is 21.5. The lowest BCUT2D eigenvalue weighted by molar-refractivity contribution is -0.420. The number of carbonyl (C=O) groups is 4. The highest BCUT2D eigenvalue weighted by Gasteiger charge is 2.28. The molecule has 0 spiro atoms. The van der Waals surface area contributed by atoms with Crippen LogP contribution in [-0.2, 0) is 19.2 Å². The molecule has 0 heterocycles. The first-order chi connectivity index (χ1) is 17.5. The second kappa shape index (κ2) is 24.8. The number of benzene rings is 2. The molecule has 0 unspecified atom stereocenters. The van der Waals surface area contributed by atoms with Gasteiger partial charge in [-0.25, -0.2) is 0 Å². The van der Waals surface area contributed by atoms with Crippen molar-refractivity contribution in [3.05, 3.63) is 71.8 Å². The molecule has 0 saturated carbocycles. The maximum Gasteiger partial charge on any atom is 0.319 e. The molecule has 0 bridgehead atoms. The molecule has 2 aromatic carbocycles. The van der Waals surface area contributed by atoms with Crippen molar-refractivity contribution in [2.75, 3.05) is 0 Å². The van der Waals surface area contributed by atoms with Crippen LogP contribution in [-0.4, -0.2) is 64.4 Å². The molecule has 0 fully saturated rings. The smallest absolute Gasteiger partial charge is 0.319 e. The van der Waals surface area contributed by atoms with Crippen LogP contribution < -0.4 is 21.7 Å². The van der Waals surface area contributed by atoms with Gasteiger partial charge in [-0.15, -0.1) is 0 Å². The number of quaternary nitrogens is 2. The van der Waals surface area contributed by atoms with Gasteiger partial charge in [0.05, 0.1) is 21.6 Å². The summed E-state index contributed by atoms with van der Waals surface area (Å²) in [5.41, 5.74) is 10.4. The molecule has 0 aromatic heterocycles. The van der Waals surface area contributed by atoms with E-state index < -0.39 is 43.2 Å². The Bertz CT molecular complexity index is 871. The molecule has 0 aliphatic carbocycles. The number of aliphatic carboxylic acids is 4. The van der Waals surface area contributed by atoms with Crippen molar-refractivity contribution >= 4 is 87.6 Å². The molecule has 0 amide bonds. The first-order valence-corrected chi connectivity index (χ1v) is 14.4. The van der Waals surface area contributed by atoms with E-state index >= 15 is 0 Å². The van der Waals surface area contributed by atoms with Gasteiger partial charge < -0.3 is 52.4 Å². The van der Waals surface area contributed by atoms with Gasteiger partial charge in [0.15, 0.2) is 0 Å². The third kappa shape index (κ3) is 20.9. The van der Waals surface area contributed by atoms with Crippen LogP contribution in [0.25, 0.3) is 0 Å². The molecular weight excluding hydrogens is 796 g/mol. The van der Waals surface area contributed by atoms with Crippen molar-refractivity contribution in [3.63, 3.8) is 0 Å². The molecule has 6 atom stereocenters. The number of hydrogen-bond acceptors (Lipinski definition) is 6. The molecule has 0 aliphatic heterocycles. The van der Waals surface area contributed by atoms with Gasteiger partial charge >= 0.3 is 11.9 Å². The summed E-state index contributed by atoms with van der Waals surface area (Å²) in [6.07, 6.45) is 0. The number of alkyl halides is 4. The van der Waals surface area contributed by atoms with Crippen LogP contribution in [0.2, 0.25) is 0 Å². The number of rotatable bonds is 8. The normalized spacial score (nSPS) is 13.8. The number of halogens is 4. The Morgan fingerprint density at radius 2 is 0.825 bits per heavy atom. The van der Waals surface area contributed by atoms with Gasteiger partial charge in [0.2, 0.25) is 0 Å². The lowest BCUT2D eigenvalue weighted by atomic mass is 10.1. The Kier molecular flexibility index (Phi) is 28.0. The lowest BCUT2D eigenvalue weighted by Crippen LogP contribution is -2.51. The summed E-state index contributed by atoms with van der Waals surface area (Å²) in [7, 11) is 0. The second-order valence-corrected chi connectivity index (χ2v) is 11.5. The van der Waals surface area contributed by atoms with Crippen LogP contribution in [0.4, 0.5) is 0 Å². The summed E-state index contributed by atoms with van der Waals surface area (Å²) in [5, 5.41) is 36.5. The highest BCUT2D eigenvalue weighted by atomic mass is 79.9. The Labute approximate surface area is 265 Å². The molecule has 228 valence electrons. The molecule has 0 radical (unpaired) electrons. The fourth-order valence-electron chi connectivity index (χ4n) is 2.05. The summed E-state index contributed by atoms with van der Waals surface area (Å²) in [5.74, 6) is -5.40. The van der Waals surface area contributed by atoms with Crippen LogP contribution in [0.1, 0.15) is 37.1 Å². The predicted octanol–water partition coefficient (Wildman–Crippen LogP) is -0.975. The van der Waals surface area contributed by atoms with Gasteiger partial charge in [0, 0.05) is 11.1 Å². The molecule has 16 heteroatoms. The van der Waals surface area contributed by atoms with Crippen LogP contribution in [0.3, 0.4) is 0 Å². The SMILES string of the molecule is C[C@@H]([NH3+])c1ccccc1.C[C@@H]([NH3+])c1ccccc1.O.O.O=C(O)[C@@H](Br)[C@H](Br)C(=O)O.O=C([O-])[C@H](Br)[C@@H](Br)C(=O)[O-]. The van der Waals surface area contributed by atoms with Crippen molar-refractivity contribution < 1.29 is 62.0 Å². The van der Waals surface area contributed by atoms with E-state index in [1.165, 1.54) is 11.1 Å². The van der Waals surface area contributed by atoms with Gasteiger partial charge in [-0.3, -0.25) is 9.59 Å². The lowest BCUT2D eigenvalue weighted by Gasteiger charge is -2.17. The minimum absolute atomic E-state index is 0. The fraction of sp³-hybridized carbons (Fsp3) is 0.333. The standard InChI is InChI=1S/2C8H11N.2C4H4Br2O4.2H2O/c2*1-7(9)8-5-3-2-4-6-8;2*5-1(3(7)8)2(6)4(9)10;;/h2*2-7H,9H2,1H3;2*1-2H,(H,7,8)(H,9,10);2*1H2/t2*7-;2*1-,2-;;/m1110../s1. The average molecular weight is 830 g/mol. The molecule has 12 N–H and O–H groups in total. The van der Waals surface area contributed by atoms with Gasteiger partial charge in [-0.2, -0.15) is 0 Å². The summed E-state index contributed by atoms with van der Waals surface area (Å²) in [6.45, 7) is 4.19. The van der Waals surface area contributed by atoms with Crippen molar-refractivity contribution in [3.8, 4) is 0 Å². The Hall–Kier alpha value is -1.92. The fourth-order valence-corrected chi connectivity index (χ4v) is 2.94. The molecule has 2 aromatic rings. The number of carbonyl (C=O) groups excluding carboxylic acids is 2. The summed E-state index contributed by atoms with van der Waals surface area (Å²) in [6, 6.07) is 21.4. The Balaban J connectivity index is -0.000000213. The van der Waals surface area contributed by atoms with Crippen LogP contribution in [0.5, 0.6) is 0 Å². The summed E-state index contributed by atoms with van der Waals surface area (Å²) in [4.78, 5) is 35.4. The molecule has 0 aliphatic rings. The van der Waals surface area contributed by atoms with E-state index in [9.17, 15) is 29.4 Å². The van der Waals surface area contributed by atoms with E-state index in [2.05, 4.69) is 113 Å². The van der Waals surface area contributed by atoms with E-state index in [0.717, 1.165) is 0 Å². The van der Waals surface area contributed by atoms with Crippen molar-refractivity contribution in [2.45, 2.75) is 45.2 Å². The van der Waals surface area contributed by atoms with E-state index in [1.807, 2.05) is 36.4 Å². The Morgan fingerprint density at radius 3 is 0.950 bits per heavy atom. The van der Waals surface area contributed by atoms with Crippen LogP contribution in [0.15, 0.2) is 60.7 Å². The van der Waals surface area contributed by atoms with E-state index in [-0.39, 0.29) is 11.0 Å². The molecule has 2 rings (SSSR count). The third-order valence-corrected chi connectivity index (χ3v) is 9.24. The zero-order valence-corrected chi connectivity index (χ0v) is 27.9. The van der Waals surface area contributed by atoms with Crippen LogP contribution >= 0.6 is 63.7 Å². The second-order valence-electron chi connectivity index (χ2n) is 7.55. The van der Waals surface area contributed by atoms with Gasteiger partial charge in [0.25, 0.3) is 0 Å². The Morgan fingerprint density at radius 1 is 0.600 bits per heavy atom. The maximum atomic E-state index is 10.1. The van der Waals surface area contributed by atoms with E-state index in [1.54, 1.807) is 0 Å². The van der Waals surface area contributed by atoms with Crippen molar-refractivity contribution in [1.29, 1.82) is 0 Å². The largest absolute Gasteiger partial charge is 0.549 e. The highest BCUT2D eigenvalue weighted by Crippen LogP contribution is 2.14. The average Bonchev–Trinajstić information content (AvgIpc) is 2.88. The van der Waals surface area contributed by atoms with E-state index in [0.29, 0.717) is 12.1 Å².